The highest BCUT2D eigenvalue weighted by molar-refractivity contribution is 6.75. The largest absolute Gasteiger partial charge is 0.501 e. The summed E-state index contributed by atoms with van der Waals surface area (Å²) in [5.41, 5.74) is 5.08. The van der Waals surface area contributed by atoms with Crippen LogP contribution in [0.25, 0.3) is 0 Å². The first-order chi connectivity index (χ1) is 6.27. The molecule has 0 heterocycles. The molecular formula is C7H24N2O4Si2. The van der Waals surface area contributed by atoms with Gasteiger partial charge in [-0.15, -0.1) is 13.2 Å². The molecule has 15 heavy (non-hydrogen) atoms. The molecule has 6 N–H and O–H groups in total. The lowest BCUT2D eigenvalue weighted by molar-refractivity contribution is 0.208. The molecule has 0 aliphatic heterocycles. The van der Waals surface area contributed by atoms with E-state index in [-0.39, 0.29) is 20.3 Å². The molecule has 0 aromatic rings. The fraction of sp³-hybridized carbons (Fsp3) is 0.714. The number of hydrogen-bond donors (Lipinski definition) is 5. The Morgan fingerprint density at radius 1 is 1.27 bits per heavy atom. The second kappa shape index (κ2) is 9.18. The van der Waals surface area contributed by atoms with E-state index in [0.717, 1.165) is 0 Å². The molecule has 0 aliphatic rings. The summed E-state index contributed by atoms with van der Waals surface area (Å²) in [6.45, 7) is 9.07. The Balaban J connectivity index is -0.000000449. The zero-order valence-electron chi connectivity index (χ0n) is 8.66. The predicted octanol–water partition coefficient (Wildman–Crippen LogP) is -0.896. The summed E-state index contributed by atoms with van der Waals surface area (Å²) < 4.78 is 4.75. The highest BCUT2D eigenvalue weighted by Crippen LogP contribution is 2.05. The van der Waals surface area contributed by atoms with Gasteiger partial charge in [0.2, 0.25) is 0 Å². The van der Waals surface area contributed by atoms with Gasteiger partial charge in [0.15, 0.2) is 0 Å². The zero-order chi connectivity index (χ0) is 11.8. The van der Waals surface area contributed by atoms with Crippen molar-refractivity contribution >= 4 is 17.4 Å². The lowest BCUT2D eigenvalue weighted by Crippen LogP contribution is -2.56. The van der Waals surface area contributed by atoms with Crippen LogP contribution in [0.15, 0.2) is 13.2 Å². The average molecular weight is 256 g/mol. The first-order valence-corrected chi connectivity index (χ1v) is 8.91. The van der Waals surface area contributed by atoms with Crippen LogP contribution in [0.1, 0.15) is 7.43 Å². The number of nitrogens with two attached hydrogens (primary N) is 1. The minimum Gasteiger partial charge on any atom is -0.411 e. The van der Waals surface area contributed by atoms with Crippen LogP contribution in [0.3, 0.4) is 0 Å². The maximum Gasteiger partial charge on any atom is 0.501 e. The third-order valence-corrected chi connectivity index (χ3v) is 4.93. The summed E-state index contributed by atoms with van der Waals surface area (Å²) in [6.07, 6.45) is -0.0967. The number of rotatable bonds is 5. The molecule has 0 atom stereocenters. The van der Waals surface area contributed by atoms with E-state index < -0.39 is 17.4 Å². The van der Waals surface area contributed by atoms with E-state index in [2.05, 4.69) is 18.5 Å². The highest BCUT2D eigenvalue weighted by atomic mass is 28.5. The van der Waals surface area contributed by atoms with Crippen LogP contribution < -0.4 is 11.1 Å². The standard InChI is InChI=1S/C4H16N2O4Si2.C2H4.CH4/c1-11(2,7)10-12(8,9)4-6-3-5;1-2;/h6-9H,3-5H2,1-2H3;1-2H2;1H4. The normalized spacial score (nSPS) is 11.1. The van der Waals surface area contributed by atoms with Gasteiger partial charge in [0.1, 0.15) is 0 Å². The molecule has 0 saturated heterocycles. The van der Waals surface area contributed by atoms with E-state index in [1.165, 1.54) is 13.1 Å². The van der Waals surface area contributed by atoms with Crippen molar-refractivity contribution in [1.29, 1.82) is 0 Å². The molecule has 0 amide bonds. The molecule has 0 saturated carbocycles. The first kappa shape index (κ1) is 20.4. The van der Waals surface area contributed by atoms with Gasteiger partial charge >= 0.3 is 17.4 Å². The Labute approximate surface area is 94.0 Å². The lowest BCUT2D eigenvalue weighted by atomic mass is 11.1. The van der Waals surface area contributed by atoms with Gasteiger partial charge in [0.25, 0.3) is 0 Å². The lowest BCUT2D eigenvalue weighted by Gasteiger charge is -2.24. The van der Waals surface area contributed by atoms with Crippen molar-refractivity contribution in [3.05, 3.63) is 13.2 Å². The van der Waals surface area contributed by atoms with Gasteiger partial charge in [-0.3, -0.25) is 0 Å². The minimum absolute atomic E-state index is 0. The van der Waals surface area contributed by atoms with Crippen LogP contribution in [0.4, 0.5) is 0 Å². The smallest absolute Gasteiger partial charge is 0.411 e. The van der Waals surface area contributed by atoms with Gasteiger partial charge in [-0.1, -0.05) is 7.43 Å². The van der Waals surface area contributed by atoms with Crippen LogP contribution in [-0.4, -0.2) is 44.6 Å². The molecule has 0 radical (unpaired) electrons. The summed E-state index contributed by atoms with van der Waals surface area (Å²) in [7, 11) is -6.60. The molecule has 8 heteroatoms. The molecule has 0 rings (SSSR count). The minimum atomic E-state index is -3.74. The van der Waals surface area contributed by atoms with Crippen LogP contribution >= 0.6 is 0 Å². The van der Waals surface area contributed by atoms with Crippen LogP contribution in [0.5, 0.6) is 0 Å². The van der Waals surface area contributed by atoms with Crippen molar-refractivity contribution in [2.75, 3.05) is 12.8 Å². The van der Waals surface area contributed by atoms with Gasteiger partial charge in [-0.05, 0) is 13.1 Å². The first-order valence-electron chi connectivity index (χ1n) is 4.05. The second-order valence-corrected chi connectivity index (χ2v) is 8.47. The van der Waals surface area contributed by atoms with Gasteiger partial charge < -0.3 is 29.6 Å². The molecule has 0 fully saturated rings. The van der Waals surface area contributed by atoms with Crippen LogP contribution in [0, 0.1) is 0 Å². The SMILES string of the molecule is C.C=C.C[Si](C)(O)O[Si](O)(O)CNCN. The third-order valence-electron chi connectivity index (χ3n) is 0.913. The Bertz CT molecular complexity index is 152. The molecule has 0 aliphatic carbocycles. The van der Waals surface area contributed by atoms with E-state index in [1.54, 1.807) is 0 Å². The Kier molecular flexibility index (Phi) is 12.5. The van der Waals surface area contributed by atoms with E-state index in [9.17, 15) is 14.4 Å². The third kappa shape index (κ3) is 16.6. The van der Waals surface area contributed by atoms with E-state index in [0.29, 0.717) is 0 Å². The molecular weight excluding hydrogens is 232 g/mol. The quantitative estimate of drug-likeness (QED) is 0.248. The van der Waals surface area contributed by atoms with Crippen molar-refractivity contribution < 1.29 is 18.5 Å². The second-order valence-electron chi connectivity index (χ2n) is 2.92. The fourth-order valence-electron chi connectivity index (χ4n) is 0.671. The molecule has 0 unspecified atom stereocenters. The predicted molar refractivity (Wildman–Crippen MR) is 66.0 cm³/mol. The van der Waals surface area contributed by atoms with Crippen molar-refractivity contribution in [1.82, 2.24) is 5.32 Å². The number of nitrogens with one attached hydrogen (secondary N) is 1. The maximum absolute atomic E-state index is 9.22. The molecule has 0 aromatic heterocycles. The van der Waals surface area contributed by atoms with Crippen LogP contribution in [0.2, 0.25) is 13.1 Å². The zero-order valence-corrected chi connectivity index (χ0v) is 10.7. The molecule has 94 valence electrons. The highest BCUT2D eigenvalue weighted by Gasteiger charge is 2.39. The molecule has 0 bridgehead atoms. The number of hydrogen-bond acceptors (Lipinski definition) is 6. The van der Waals surface area contributed by atoms with Crippen molar-refractivity contribution in [2.24, 2.45) is 5.73 Å². The summed E-state index contributed by atoms with van der Waals surface area (Å²) in [5.74, 6) is 0. The van der Waals surface area contributed by atoms with Gasteiger partial charge in [0, 0.05) is 6.67 Å². The Morgan fingerprint density at radius 3 is 1.93 bits per heavy atom. The summed E-state index contributed by atoms with van der Waals surface area (Å²) in [4.78, 5) is 27.6. The van der Waals surface area contributed by atoms with Crippen molar-refractivity contribution in [3.8, 4) is 0 Å². The fourth-order valence-corrected chi connectivity index (χ4v) is 4.63. The van der Waals surface area contributed by atoms with Gasteiger partial charge in [-0.2, -0.15) is 0 Å². The molecule has 6 nitrogen and oxygen atoms in total. The van der Waals surface area contributed by atoms with E-state index >= 15 is 0 Å². The topological polar surface area (TPSA) is 108 Å². The van der Waals surface area contributed by atoms with Gasteiger partial charge in [-0.25, -0.2) is 0 Å². The summed E-state index contributed by atoms with van der Waals surface area (Å²) in [6, 6.07) is 0. The van der Waals surface area contributed by atoms with Crippen molar-refractivity contribution in [2.45, 2.75) is 20.5 Å². The monoisotopic (exact) mass is 256 g/mol. The van der Waals surface area contributed by atoms with Gasteiger partial charge in [0.05, 0.1) is 6.17 Å². The molecule has 0 aromatic carbocycles. The van der Waals surface area contributed by atoms with Crippen molar-refractivity contribution in [3.63, 3.8) is 0 Å². The maximum atomic E-state index is 9.22. The van der Waals surface area contributed by atoms with E-state index in [1.807, 2.05) is 0 Å². The van der Waals surface area contributed by atoms with E-state index in [4.69, 9.17) is 9.85 Å². The van der Waals surface area contributed by atoms with Crippen LogP contribution in [-0.2, 0) is 4.12 Å². The summed E-state index contributed by atoms with van der Waals surface area (Å²) >= 11 is 0. The molecule has 0 spiro atoms. The Morgan fingerprint density at radius 2 is 1.67 bits per heavy atom. The Hall–Kier alpha value is -0.0662. The average Bonchev–Trinajstić information content (AvgIpc) is 2.00. The summed E-state index contributed by atoms with van der Waals surface area (Å²) in [5, 5.41) is 2.54.